The normalized spacial score (nSPS) is 21.8. The Bertz CT molecular complexity index is 1090. The Morgan fingerprint density at radius 1 is 1.12 bits per heavy atom. The fraction of sp³-hybridized carbons (Fsp3) is 0.480. The summed E-state index contributed by atoms with van der Waals surface area (Å²) in [5.41, 5.74) is 2.42. The first-order chi connectivity index (χ1) is 16.2. The molecule has 4 rings (SSSR count). The number of carbonyl (C=O) groups excluding carboxylic acids is 1. The average Bonchev–Trinajstić information content (AvgIpc) is 3.24. The molecule has 8 nitrogen and oxygen atoms in total. The van der Waals surface area contributed by atoms with Gasteiger partial charge >= 0.3 is 0 Å². The maximum absolute atomic E-state index is 13.2. The molecule has 1 N–H and O–H groups in total. The molecule has 1 saturated heterocycles. The van der Waals surface area contributed by atoms with Crippen LogP contribution >= 0.6 is 0 Å². The molecule has 2 heterocycles. The molecular formula is C25H33N3O5S. The summed E-state index contributed by atoms with van der Waals surface area (Å²) in [6.45, 7) is 2.27. The highest BCUT2D eigenvalue weighted by atomic mass is 32.2. The number of ether oxygens (including phenoxy) is 1. The first-order valence-electron chi connectivity index (χ1n) is 11.6. The van der Waals surface area contributed by atoms with Gasteiger partial charge in [-0.1, -0.05) is 48.5 Å². The van der Waals surface area contributed by atoms with E-state index >= 15 is 0 Å². The van der Waals surface area contributed by atoms with E-state index in [2.05, 4.69) is 4.90 Å². The number of hydrogen-bond acceptors (Lipinski definition) is 6. The summed E-state index contributed by atoms with van der Waals surface area (Å²) in [6.07, 6.45) is 1.75. The number of hydrogen-bond donors (Lipinski definition) is 1. The van der Waals surface area contributed by atoms with Crippen molar-refractivity contribution >= 4 is 21.6 Å². The third-order valence-corrected chi connectivity index (χ3v) is 7.86. The molecule has 2 aromatic rings. The second-order valence-corrected chi connectivity index (χ2v) is 11.0. The van der Waals surface area contributed by atoms with Crippen molar-refractivity contribution < 1.29 is 23.1 Å². The van der Waals surface area contributed by atoms with Crippen LogP contribution in [-0.4, -0.2) is 81.4 Å². The molecule has 0 saturated carbocycles. The van der Waals surface area contributed by atoms with Gasteiger partial charge < -0.3 is 14.7 Å². The van der Waals surface area contributed by atoms with Crippen LogP contribution in [0.3, 0.4) is 0 Å². The zero-order valence-corrected chi connectivity index (χ0v) is 20.5. The van der Waals surface area contributed by atoms with Crippen LogP contribution in [0.25, 0.3) is 0 Å². The number of benzene rings is 2. The number of rotatable bonds is 8. The number of carbonyl (C=O) groups is 1. The lowest BCUT2D eigenvalue weighted by molar-refractivity contribution is -0.139. The summed E-state index contributed by atoms with van der Waals surface area (Å²) < 4.78 is 31.8. The van der Waals surface area contributed by atoms with Crippen molar-refractivity contribution in [3.8, 4) is 0 Å². The van der Waals surface area contributed by atoms with E-state index in [1.165, 1.54) is 10.6 Å². The highest BCUT2D eigenvalue weighted by molar-refractivity contribution is 7.92. The molecule has 2 unspecified atom stereocenters. The minimum absolute atomic E-state index is 0.0969. The highest BCUT2D eigenvalue weighted by Crippen LogP contribution is 2.37. The van der Waals surface area contributed by atoms with Gasteiger partial charge in [0, 0.05) is 38.8 Å². The molecule has 9 heteroatoms. The van der Waals surface area contributed by atoms with Crippen LogP contribution in [0.15, 0.2) is 54.6 Å². The fourth-order valence-electron chi connectivity index (χ4n) is 4.81. The van der Waals surface area contributed by atoms with Crippen molar-refractivity contribution in [1.82, 2.24) is 9.80 Å². The Hall–Kier alpha value is -2.46. The molecule has 2 aliphatic heterocycles. The van der Waals surface area contributed by atoms with Gasteiger partial charge in [-0.2, -0.15) is 0 Å². The summed E-state index contributed by atoms with van der Waals surface area (Å²) in [7, 11) is -1.60. The standard InChI is InChI=1S/C25H33N3O5S/c1-26(23(19-8-4-3-5-9-19)17-27-14-12-20(29)16-27)25(30)18-33-24-13-15-28(34(2,31)32)22-11-7-6-10-21(22)24/h3-11,20,23-24,29H,12-18H2,1-2H3/t20-,23?,24?/m0/s1. The van der Waals surface area contributed by atoms with E-state index in [0.717, 1.165) is 24.1 Å². The molecule has 3 atom stereocenters. The number of para-hydroxylation sites is 1. The van der Waals surface area contributed by atoms with Gasteiger partial charge in [0.25, 0.3) is 0 Å². The number of fused-ring (bicyclic) bond motifs is 1. The topological polar surface area (TPSA) is 90.4 Å². The molecule has 1 amide bonds. The van der Waals surface area contributed by atoms with E-state index in [-0.39, 0.29) is 30.8 Å². The largest absolute Gasteiger partial charge is 0.392 e. The first-order valence-corrected chi connectivity index (χ1v) is 13.5. The Labute approximate surface area is 201 Å². The summed E-state index contributed by atoms with van der Waals surface area (Å²) >= 11 is 0. The van der Waals surface area contributed by atoms with E-state index < -0.39 is 10.0 Å². The lowest BCUT2D eigenvalue weighted by Crippen LogP contribution is -2.41. The quantitative estimate of drug-likeness (QED) is 0.614. The van der Waals surface area contributed by atoms with Crippen LogP contribution in [-0.2, 0) is 19.6 Å². The Morgan fingerprint density at radius 2 is 1.82 bits per heavy atom. The lowest BCUT2D eigenvalue weighted by Gasteiger charge is -2.35. The van der Waals surface area contributed by atoms with Crippen LogP contribution in [0.1, 0.15) is 36.1 Å². The predicted molar refractivity (Wildman–Crippen MR) is 131 cm³/mol. The van der Waals surface area contributed by atoms with Crippen molar-refractivity contribution in [3.63, 3.8) is 0 Å². The van der Waals surface area contributed by atoms with Crippen molar-refractivity contribution in [3.05, 3.63) is 65.7 Å². The van der Waals surface area contributed by atoms with Crippen LogP contribution in [0.4, 0.5) is 5.69 Å². The van der Waals surface area contributed by atoms with Gasteiger partial charge in [0.1, 0.15) is 6.61 Å². The van der Waals surface area contributed by atoms with Crippen LogP contribution in [0, 0.1) is 0 Å². The minimum Gasteiger partial charge on any atom is -0.392 e. The molecule has 0 aliphatic carbocycles. The fourth-order valence-corrected chi connectivity index (χ4v) is 5.77. The second-order valence-electron chi connectivity index (χ2n) is 9.12. The Balaban J connectivity index is 1.45. The number of anilines is 1. The van der Waals surface area contributed by atoms with Crippen molar-refractivity contribution in [1.29, 1.82) is 0 Å². The van der Waals surface area contributed by atoms with Gasteiger partial charge in [-0.05, 0) is 24.5 Å². The molecule has 0 radical (unpaired) electrons. The molecule has 1 fully saturated rings. The highest BCUT2D eigenvalue weighted by Gasteiger charge is 2.32. The molecule has 0 aromatic heterocycles. The minimum atomic E-state index is -3.38. The monoisotopic (exact) mass is 487 g/mol. The molecule has 0 bridgehead atoms. The number of amides is 1. The molecule has 2 aliphatic rings. The first kappa shape index (κ1) is 24.7. The van der Waals surface area contributed by atoms with E-state index in [1.54, 1.807) is 24.1 Å². The second kappa shape index (κ2) is 10.4. The zero-order valence-electron chi connectivity index (χ0n) is 19.7. The van der Waals surface area contributed by atoms with Gasteiger partial charge in [-0.25, -0.2) is 8.42 Å². The number of likely N-dealkylation sites (N-methyl/N-ethyl adjacent to an activating group) is 1. The van der Waals surface area contributed by atoms with Gasteiger partial charge in [0.15, 0.2) is 0 Å². The molecule has 2 aromatic carbocycles. The van der Waals surface area contributed by atoms with E-state index in [9.17, 15) is 18.3 Å². The van der Waals surface area contributed by atoms with Crippen LogP contribution in [0.2, 0.25) is 0 Å². The summed E-state index contributed by atoms with van der Waals surface area (Å²) in [5.74, 6) is -0.142. The zero-order chi connectivity index (χ0) is 24.3. The number of aliphatic hydroxyl groups excluding tert-OH is 1. The third kappa shape index (κ3) is 5.60. The molecule has 184 valence electrons. The maximum Gasteiger partial charge on any atom is 0.248 e. The predicted octanol–water partition coefficient (Wildman–Crippen LogP) is 2.18. The van der Waals surface area contributed by atoms with Crippen LogP contribution in [0.5, 0.6) is 0 Å². The van der Waals surface area contributed by atoms with E-state index in [1.807, 2.05) is 42.5 Å². The summed E-state index contributed by atoms with van der Waals surface area (Å²) in [4.78, 5) is 17.1. The maximum atomic E-state index is 13.2. The lowest BCUT2D eigenvalue weighted by atomic mass is 10.0. The summed E-state index contributed by atoms with van der Waals surface area (Å²) in [6, 6.07) is 17.0. The Morgan fingerprint density at radius 3 is 2.50 bits per heavy atom. The average molecular weight is 488 g/mol. The van der Waals surface area contributed by atoms with E-state index in [0.29, 0.717) is 31.7 Å². The SMILES string of the molecule is CN(C(=O)COC1CCN(S(C)(=O)=O)c2ccccc21)C(CN1CC[C@H](O)C1)c1ccccc1. The van der Waals surface area contributed by atoms with Crippen molar-refractivity contribution in [2.45, 2.75) is 31.1 Å². The number of β-amino-alcohol motifs (C(OH)–C–C–N with tert-alkyl or cyclic N) is 1. The number of likely N-dealkylation sites (tertiary alicyclic amines) is 1. The van der Waals surface area contributed by atoms with Crippen molar-refractivity contribution in [2.75, 3.05) is 50.4 Å². The van der Waals surface area contributed by atoms with Gasteiger partial charge in [-0.3, -0.25) is 14.0 Å². The molecular weight excluding hydrogens is 454 g/mol. The Kier molecular flexibility index (Phi) is 7.57. The third-order valence-electron chi connectivity index (χ3n) is 6.68. The van der Waals surface area contributed by atoms with E-state index in [4.69, 9.17) is 4.74 Å². The van der Waals surface area contributed by atoms with Gasteiger partial charge in [-0.15, -0.1) is 0 Å². The van der Waals surface area contributed by atoms with Gasteiger partial charge in [0.2, 0.25) is 15.9 Å². The molecule has 34 heavy (non-hydrogen) atoms. The smallest absolute Gasteiger partial charge is 0.248 e. The van der Waals surface area contributed by atoms with Crippen molar-refractivity contribution in [2.24, 2.45) is 0 Å². The summed E-state index contributed by atoms with van der Waals surface area (Å²) in [5, 5.41) is 9.93. The van der Waals surface area contributed by atoms with Crippen LogP contribution < -0.4 is 4.31 Å². The number of sulfonamides is 1. The molecule has 0 spiro atoms. The van der Waals surface area contributed by atoms with Gasteiger partial charge in [0.05, 0.1) is 30.2 Å². The number of aliphatic hydroxyl groups is 1. The number of nitrogens with zero attached hydrogens (tertiary/aromatic N) is 3.